The van der Waals surface area contributed by atoms with Gasteiger partial charge in [0.2, 0.25) is 5.96 Å². The van der Waals surface area contributed by atoms with Gasteiger partial charge in [0.05, 0.1) is 5.69 Å². The van der Waals surface area contributed by atoms with Gasteiger partial charge in [-0.15, -0.1) is 0 Å². The van der Waals surface area contributed by atoms with Crippen molar-refractivity contribution >= 4 is 23.2 Å². The molecule has 0 atom stereocenters. The Morgan fingerprint density at radius 2 is 1.83 bits per heavy atom. The molecule has 7 heteroatoms. The highest BCUT2D eigenvalue weighted by Crippen LogP contribution is 2.19. The topological polar surface area (TPSA) is 89.0 Å². The Kier molecular flexibility index (Phi) is 7.21. The number of benzene rings is 2. The zero-order valence-corrected chi connectivity index (χ0v) is 17.0. The van der Waals surface area contributed by atoms with Crippen LogP contribution in [0.2, 0.25) is 0 Å². The fourth-order valence-electron chi connectivity index (χ4n) is 3.33. The molecule has 1 amide bonds. The minimum absolute atomic E-state index is 0.384. The van der Waals surface area contributed by atoms with E-state index in [1.54, 1.807) is 29.7 Å². The van der Waals surface area contributed by atoms with E-state index >= 15 is 0 Å². The Morgan fingerprint density at radius 1 is 1.14 bits per heavy atom. The number of amides is 1. The van der Waals surface area contributed by atoms with Crippen molar-refractivity contribution in [2.24, 2.45) is 10.9 Å². The molecule has 1 fully saturated rings. The molecular weight excluding hydrogens is 366 g/mol. The number of guanidine groups is 1. The highest BCUT2D eigenvalue weighted by Gasteiger charge is 2.17. The number of rotatable bonds is 5. The van der Waals surface area contributed by atoms with Gasteiger partial charge in [0.25, 0.3) is 5.91 Å². The minimum Gasteiger partial charge on any atom is -0.356 e. The second-order valence-corrected chi connectivity index (χ2v) is 7.52. The van der Waals surface area contributed by atoms with E-state index in [-0.39, 0.29) is 0 Å². The summed E-state index contributed by atoms with van der Waals surface area (Å²) >= 11 is 0. The fraction of sp³-hybridized carbons (Fsp3) is 0.364. The number of hydrogen-bond donors (Lipinski definition) is 4. The summed E-state index contributed by atoms with van der Waals surface area (Å²) in [5.74, 6) is 0.758. The van der Waals surface area contributed by atoms with Crippen LogP contribution in [0.15, 0.2) is 53.5 Å². The molecule has 0 saturated carbocycles. The molecule has 0 bridgehead atoms. The number of likely N-dealkylation sites (tertiary alicyclic amines) is 1. The second-order valence-electron chi connectivity index (χ2n) is 7.52. The van der Waals surface area contributed by atoms with Crippen LogP contribution in [0.3, 0.4) is 0 Å². The smallest absolute Gasteiger partial charge is 0.274 e. The van der Waals surface area contributed by atoms with Gasteiger partial charge < -0.3 is 15.5 Å². The molecule has 0 aromatic heterocycles. The number of hydroxylamine groups is 1. The quantitative estimate of drug-likeness (QED) is 0.270. The van der Waals surface area contributed by atoms with Gasteiger partial charge in [0.15, 0.2) is 0 Å². The third kappa shape index (κ3) is 6.04. The Bertz CT molecular complexity index is 843. The molecule has 1 aliphatic rings. The zero-order chi connectivity index (χ0) is 20.6. The normalized spacial score (nSPS) is 15.8. The van der Waals surface area contributed by atoms with Crippen LogP contribution in [0, 0.1) is 12.8 Å². The lowest BCUT2D eigenvalue weighted by Crippen LogP contribution is -2.39. The maximum atomic E-state index is 11.5. The van der Waals surface area contributed by atoms with E-state index in [0.717, 1.165) is 36.6 Å². The molecule has 2 aromatic carbocycles. The molecule has 2 aromatic rings. The van der Waals surface area contributed by atoms with Crippen molar-refractivity contribution in [2.45, 2.75) is 19.8 Å². The molecule has 4 N–H and O–H groups in total. The molecule has 1 aliphatic heterocycles. The lowest BCUT2D eigenvalue weighted by Gasteiger charge is -2.29. The first-order valence-corrected chi connectivity index (χ1v) is 9.93. The Morgan fingerprint density at radius 3 is 2.48 bits per heavy atom. The molecular formula is C22H29N5O2. The van der Waals surface area contributed by atoms with E-state index in [4.69, 9.17) is 10.2 Å². The number of carbonyl (C=O) groups excluding carboxylic acids is 1. The summed E-state index contributed by atoms with van der Waals surface area (Å²) < 4.78 is 0. The van der Waals surface area contributed by atoms with E-state index in [1.165, 1.54) is 12.8 Å². The zero-order valence-electron chi connectivity index (χ0n) is 17.0. The molecule has 0 unspecified atom stereocenters. The van der Waals surface area contributed by atoms with Gasteiger partial charge in [-0.2, -0.15) is 0 Å². The van der Waals surface area contributed by atoms with E-state index in [0.29, 0.717) is 17.4 Å². The number of aryl methyl sites for hydroxylation is 1. The fourth-order valence-corrected chi connectivity index (χ4v) is 3.33. The number of piperidine rings is 1. The number of anilines is 1. The Balaban J connectivity index is 1.73. The summed E-state index contributed by atoms with van der Waals surface area (Å²) in [6.45, 7) is 5.14. The highest BCUT2D eigenvalue weighted by atomic mass is 16.5. The van der Waals surface area contributed by atoms with Gasteiger partial charge >= 0.3 is 0 Å². The monoisotopic (exact) mass is 395 g/mol. The third-order valence-electron chi connectivity index (χ3n) is 5.26. The van der Waals surface area contributed by atoms with Gasteiger partial charge in [-0.3, -0.25) is 10.0 Å². The molecule has 0 spiro atoms. The predicted molar refractivity (Wildman–Crippen MR) is 116 cm³/mol. The second kappa shape index (κ2) is 10.0. The lowest BCUT2D eigenvalue weighted by molar-refractivity contribution is 0.0706. The van der Waals surface area contributed by atoms with Gasteiger partial charge in [-0.1, -0.05) is 18.2 Å². The van der Waals surface area contributed by atoms with Crippen molar-refractivity contribution in [2.75, 3.05) is 32.0 Å². The molecule has 29 heavy (non-hydrogen) atoms. The van der Waals surface area contributed by atoms with Crippen molar-refractivity contribution < 1.29 is 10.0 Å². The molecule has 0 aliphatic carbocycles. The van der Waals surface area contributed by atoms with Crippen molar-refractivity contribution in [1.29, 1.82) is 0 Å². The van der Waals surface area contributed by atoms with Crippen LogP contribution < -0.4 is 16.1 Å². The van der Waals surface area contributed by atoms with Gasteiger partial charge in [0.1, 0.15) is 0 Å². The van der Waals surface area contributed by atoms with Crippen LogP contribution in [-0.2, 0) is 0 Å². The van der Waals surface area contributed by atoms with E-state index in [1.807, 2.05) is 31.2 Å². The first-order valence-electron chi connectivity index (χ1n) is 9.93. The maximum absolute atomic E-state index is 11.5. The van der Waals surface area contributed by atoms with E-state index in [9.17, 15) is 4.79 Å². The number of carbonyl (C=O) groups is 1. The average Bonchev–Trinajstić information content (AvgIpc) is 2.74. The largest absolute Gasteiger partial charge is 0.356 e. The van der Waals surface area contributed by atoms with Crippen molar-refractivity contribution in [3.8, 4) is 0 Å². The molecule has 154 valence electrons. The number of para-hydroxylation sites is 1. The molecule has 1 heterocycles. The van der Waals surface area contributed by atoms with Gasteiger partial charge in [0, 0.05) is 17.8 Å². The SMILES string of the molecule is Cc1ccccc1/N=C(\NCC1CCN(C)CC1)Nc1ccc(C(=O)NO)cc1. The molecule has 3 rings (SSSR count). The average molecular weight is 396 g/mol. The summed E-state index contributed by atoms with van der Waals surface area (Å²) in [5.41, 5.74) is 4.84. The summed E-state index contributed by atoms with van der Waals surface area (Å²) in [7, 11) is 2.16. The van der Waals surface area contributed by atoms with Crippen LogP contribution >= 0.6 is 0 Å². The number of nitrogens with one attached hydrogen (secondary N) is 3. The van der Waals surface area contributed by atoms with E-state index < -0.39 is 5.91 Å². The van der Waals surface area contributed by atoms with Crippen LogP contribution in [0.5, 0.6) is 0 Å². The lowest BCUT2D eigenvalue weighted by atomic mass is 9.97. The maximum Gasteiger partial charge on any atom is 0.274 e. The summed E-state index contributed by atoms with van der Waals surface area (Å²) in [4.78, 5) is 18.7. The minimum atomic E-state index is -0.536. The van der Waals surface area contributed by atoms with Gasteiger partial charge in [-0.05, 0) is 81.7 Å². The summed E-state index contributed by atoms with van der Waals surface area (Å²) in [6, 6.07) is 14.9. The summed E-state index contributed by atoms with van der Waals surface area (Å²) in [6.07, 6.45) is 2.35. The van der Waals surface area contributed by atoms with E-state index in [2.05, 4.69) is 22.6 Å². The van der Waals surface area contributed by atoms with Crippen molar-refractivity contribution in [3.05, 3.63) is 59.7 Å². The predicted octanol–water partition coefficient (Wildman–Crippen LogP) is 3.15. The van der Waals surface area contributed by atoms with Crippen LogP contribution in [0.4, 0.5) is 11.4 Å². The summed E-state index contributed by atoms with van der Waals surface area (Å²) in [5, 5.41) is 15.6. The number of nitrogens with zero attached hydrogens (tertiary/aromatic N) is 2. The number of aliphatic imine (C=N–C) groups is 1. The Hall–Kier alpha value is -2.90. The molecule has 0 radical (unpaired) electrons. The first kappa shape index (κ1) is 20.8. The Labute approximate surface area is 171 Å². The third-order valence-corrected chi connectivity index (χ3v) is 5.26. The molecule has 7 nitrogen and oxygen atoms in total. The highest BCUT2D eigenvalue weighted by molar-refractivity contribution is 5.97. The van der Waals surface area contributed by atoms with Gasteiger partial charge in [-0.25, -0.2) is 10.5 Å². The van der Waals surface area contributed by atoms with Crippen LogP contribution in [0.1, 0.15) is 28.8 Å². The standard InChI is InChI=1S/C22H29N5O2/c1-16-5-3-4-6-20(16)25-22(23-15-17-11-13-27(2)14-12-17)24-19-9-7-18(8-10-19)21(28)26-29/h3-10,17,29H,11-15H2,1-2H3,(H,26,28)(H2,23,24,25). The van der Waals surface area contributed by atoms with Crippen LogP contribution in [0.25, 0.3) is 0 Å². The van der Waals surface area contributed by atoms with Crippen molar-refractivity contribution in [1.82, 2.24) is 15.7 Å². The van der Waals surface area contributed by atoms with Crippen LogP contribution in [-0.4, -0.2) is 48.7 Å². The van der Waals surface area contributed by atoms with Crippen molar-refractivity contribution in [3.63, 3.8) is 0 Å². The first-order chi connectivity index (χ1) is 14.0. The molecule has 1 saturated heterocycles. The number of hydrogen-bond acceptors (Lipinski definition) is 4.